The zero-order valence-electron chi connectivity index (χ0n) is 16.6. The summed E-state index contributed by atoms with van der Waals surface area (Å²) < 4.78 is 17.5. The second-order valence-electron chi connectivity index (χ2n) is 7.65. The van der Waals surface area contributed by atoms with Crippen LogP contribution in [0.1, 0.15) is 68.2 Å². The Balaban J connectivity index is 4.13. The lowest BCUT2D eigenvalue weighted by Gasteiger charge is -2.36. The Morgan fingerprint density at radius 1 is 0.870 bits per heavy atom. The second kappa shape index (κ2) is 11.4. The molecule has 1 N–H and O–H groups in total. The van der Waals surface area contributed by atoms with Crippen molar-refractivity contribution in [2.24, 2.45) is 11.8 Å². The topological polar surface area (TPSA) is 47.9 Å². The Labute approximate surface area is 143 Å². The molecule has 0 heterocycles. The molecule has 0 saturated heterocycles. The molecule has 140 valence electrons. The first-order chi connectivity index (χ1) is 10.6. The highest BCUT2D eigenvalue weighted by Crippen LogP contribution is 2.29. The summed E-state index contributed by atoms with van der Waals surface area (Å²) in [5.74, 6) is 1.23. The molecule has 0 spiro atoms. The summed E-state index contributed by atoms with van der Waals surface area (Å²) in [5, 5.41) is 8.94. The predicted octanol–water partition coefficient (Wildman–Crippen LogP) is 4.04. The van der Waals surface area contributed by atoms with Crippen LogP contribution in [0, 0.1) is 11.8 Å². The van der Waals surface area contributed by atoms with Gasteiger partial charge in [0.2, 0.25) is 0 Å². The molecule has 5 unspecified atom stereocenters. The quantitative estimate of drug-likeness (QED) is 0.553. The van der Waals surface area contributed by atoms with Gasteiger partial charge in [0.05, 0.1) is 43.7 Å². The third kappa shape index (κ3) is 10.3. The molecule has 4 heteroatoms. The lowest BCUT2D eigenvalue weighted by Crippen LogP contribution is -2.39. The van der Waals surface area contributed by atoms with E-state index in [-0.39, 0.29) is 30.5 Å². The molecule has 0 aliphatic rings. The maximum absolute atomic E-state index is 8.94. The summed E-state index contributed by atoms with van der Waals surface area (Å²) in [6, 6.07) is 0. The van der Waals surface area contributed by atoms with Gasteiger partial charge < -0.3 is 19.3 Å². The van der Waals surface area contributed by atoms with Crippen LogP contribution in [0.2, 0.25) is 0 Å². The van der Waals surface area contributed by atoms with E-state index in [2.05, 4.69) is 41.5 Å². The van der Waals surface area contributed by atoms with Crippen LogP contribution in [0.4, 0.5) is 0 Å². The molecular weight excluding hydrogens is 292 g/mol. The van der Waals surface area contributed by atoms with Gasteiger partial charge >= 0.3 is 0 Å². The molecule has 0 fully saturated rings. The van der Waals surface area contributed by atoms with Gasteiger partial charge in [0.15, 0.2) is 0 Å². The van der Waals surface area contributed by atoms with Gasteiger partial charge in [0.25, 0.3) is 0 Å². The van der Waals surface area contributed by atoms with E-state index in [1.54, 1.807) is 0 Å². The molecule has 0 aliphatic carbocycles. The third-order valence-corrected chi connectivity index (χ3v) is 4.63. The van der Waals surface area contributed by atoms with E-state index in [1.807, 2.05) is 13.8 Å². The fraction of sp³-hybridized carbons (Fsp3) is 1.00. The molecule has 0 bridgehead atoms. The fourth-order valence-corrected chi connectivity index (χ4v) is 2.42. The Kier molecular flexibility index (Phi) is 11.3. The maximum atomic E-state index is 8.94. The standard InChI is InChI=1S/C19H40O4/c1-9-14(2)10-15(3)19(7,8)23-18(6)13-22-17(5)12-21-16(4)11-20/h14-18,20H,9-13H2,1-8H3. The molecule has 0 aromatic carbocycles. The molecule has 4 nitrogen and oxygen atoms in total. The summed E-state index contributed by atoms with van der Waals surface area (Å²) in [7, 11) is 0. The van der Waals surface area contributed by atoms with Crippen LogP contribution in [0.3, 0.4) is 0 Å². The summed E-state index contributed by atoms with van der Waals surface area (Å²) in [4.78, 5) is 0. The number of aliphatic hydroxyl groups is 1. The first-order valence-corrected chi connectivity index (χ1v) is 9.14. The average Bonchev–Trinajstić information content (AvgIpc) is 2.49. The molecule has 0 aromatic rings. The smallest absolute Gasteiger partial charge is 0.0788 e. The van der Waals surface area contributed by atoms with E-state index in [0.29, 0.717) is 19.1 Å². The van der Waals surface area contributed by atoms with E-state index in [4.69, 9.17) is 19.3 Å². The van der Waals surface area contributed by atoms with Crippen molar-refractivity contribution in [2.45, 2.75) is 92.1 Å². The van der Waals surface area contributed by atoms with Crippen LogP contribution in [0.15, 0.2) is 0 Å². The van der Waals surface area contributed by atoms with Gasteiger partial charge in [-0.2, -0.15) is 0 Å². The monoisotopic (exact) mass is 332 g/mol. The minimum Gasteiger partial charge on any atom is -0.394 e. The largest absolute Gasteiger partial charge is 0.394 e. The third-order valence-electron chi connectivity index (χ3n) is 4.63. The van der Waals surface area contributed by atoms with E-state index >= 15 is 0 Å². The zero-order valence-corrected chi connectivity index (χ0v) is 16.6. The Bertz CT molecular complexity index is 293. The molecule has 0 aliphatic heterocycles. The second-order valence-corrected chi connectivity index (χ2v) is 7.65. The van der Waals surface area contributed by atoms with Gasteiger partial charge in [-0.3, -0.25) is 0 Å². The number of rotatable bonds is 13. The Morgan fingerprint density at radius 3 is 1.91 bits per heavy atom. The molecule has 0 radical (unpaired) electrons. The number of aliphatic hydroxyl groups excluding tert-OH is 1. The predicted molar refractivity (Wildman–Crippen MR) is 95.8 cm³/mol. The summed E-state index contributed by atoms with van der Waals surface area (Å²) >= 11 is 0. The molecule has 0 rings (SSSR count). The van der Waals surface area contributed by atoms with E-state index in [0.717, 1.165) is 5.92 Å². The van der Waals surface area contributed by atoms with Crippen molar-refractivity contribution in [1.82, 2.24) is 0 Å². The van der Waals surface area contributed by atoms with Crippen molar-refractivity contribution in [1.29, 1.82) is 0 Å². The average molecular weight is 333 g/mol. The van der Waals surface area contributed by atoms with Crippen LogP contribution >= 0.6 is 0 Å². The molecule has 5 atom stereocenters. The van der Waals surface area contributed by atoms with E-state index in [9.17, 15) is 0 Å². The minimum absolute atomic E-state index is 0.00398. The van der Waals surface area contributed by atoms with Gasteiger partial charge in [0, 0.05) is 0 Å². The highest BCUT2D eigenvalue weighted by Gasteiger charge is 2.29. The van der Waals surface area contributed by atoms with Crippen molar-refractivity contribution in [3.8, 4) is 0 Å². The van der Waals surface area contributed by atoms with Crippen LogP contribution in [-0.2, 0) is 14.2 Å². The molecular formula is C19H40O4. The fourth-order valence-electron chi connectivity index (χ4n) is 2.42. The van der Waals surface area contributed by atoms with Crippen molar-refractivity contribution >= 4 is 0 Å². The summed E-state index contributed by atoms with van der Waals surface area (Å²) in [6.07, 6.45) is 2.29. The van der Waals surface area contributed by atoms with Crippen LogP contribution in [-0.4, -0.2) is 48.8 Å². The minimum atomic E-state index is -0.155. The number of ether oxygens (including phenoxy) is 3. The molecule has 23 heavy (non-hydrogen) atoms. The molecule has 0 aromatic heterocycles. The lowest BCUT2D eigenvalue weighted by molar-refractivity contribution is -0.135. The number of hydrogen-bond acceptors (Lipinski definition) is 4. The van der Waals surface area contributed by atoms with Gasteiger partial charge in [-0.1, -0.05) is 27.2 Å². The highest BCUT2D eigenvalue weighted by molar-refractivity contribution is 4.79. The van der Waals surface area contributed by atoms with Gasteiger partial charge in [-0.05, 0) is 52.9 Å². The van der Waals surface area contributed by atoms with Gasteiger partial charge in [-0.15, -0.1) is 0 Å². The van der Waals surface area contributed by atoms with Crippen LogP contribution in [0.25, 0.3) is 0 Å². The Morgan fingerprint density at radius 2 is 1.39 bits per heavy atom. The van der Waals surface area contributed by atoms with Crippen LogP contribution < -0.4 is 0 Å². The van der Waals surface area contributed by atoms with Crippen molar-refractivity contribution in [3.63, 3.8) is 0 Å². The summed E-state index contributed by atoms with van der Waals surface area (Å²) in [6.45, 7) is 18.1. The Hall–Kier alpha value is -0.160. The lowest BCUT2D eigenvalue weighted by atomic mass is 9.84. The normalized spacial score (nSPS) is 19.2. The van der Waals surface area contributed by atoms with E-state index < -0.39 is 0 Å². The number of hydrogen-bond donors (Lipinski definition) is 1. The zero-order chi connectivity index (χ0) is 18.0. The molecule has 0 saturated carbocycles. The van der Waals surface area contributed by atoms with Crippen molar-refractivity contribution in [3.05, 3.63) is 0 Å². The first-order valence-electron chi connectivity index (χ1n) is 9.14. The summed E-state index contributed by atoms with van der Waals surface area (Å²) in [5.41, 5.74) is -0.155. The van der Waals surface area contributed by atoms with Crippen LogP contribution in [0.5, 0.6) is 0 Å². The first kappa shape index (κ1) is 22.8. The maximum Gasteiger partial charge on any atom is 0.0788 e. The van der Waals surface area contributed by atoms with Gasteiger partial charge in [-0.25, -0.2) is 0 Å². The SMILES string of the molecule is CCC(C)CC(C)C(C)(C)OC(C)COC(C)COC(C)CO. The van der Waals surface area contributed by atoms with E-state index in [1.165, 1.54) is 12.8 Å². The van der Waals surface area contributed by atoms with Gasteiger partial charge in [0.1, 0.15) is 0 Å². The molecule has 0 amide bonds. The highest BCUT2D eigenvalue weighted by atomic mass is 16.6. The van der Waals surface area contributed by atoms with Crippen molar-refractivity contribution < 1.29 is 19.3 Å². The van der Waals surface area contributed by atoms with Crippen molar-refractivity contribution in [2.75, 3.05) is 19.8 Å².